The topological polar surface area (TPSA) is 105 Å². The first-order valence-corrected chi connectivity index (χ1v) is 45.8. The highest BCUT2D eigenvalue weighted by Crippen LogP contribution is 2.49. The minimum Gasteiger partial charge on any atom is -0.425 e. The van der Waals surface area contributed by atoms with Gasteiger partial charge in [0.15, 0.2) is 19.6 Å². The van der Waals surface area contributed by atoms with Crippen LogP contribution in [0.5, 0.6) is 23.0 Å². The molecular weight excluding hydrogens is 1460 g/mol. The molecule has 4 heterocycles. The zero-order valence-corrected chi connectivity index (χ0v) is 66.4. The van der Waals surface area contributed by atoms with Crippen LogP contribution in [0.25, 0.3) is 70.9 Å². The molecule has 4 saturated heterocycles. The van der Waals surface area contributed by atoms with E-state index in [1.54, 1.807) is 6.92 Å². The Morgan fingerprint density at radius 1 is 0.295 bits per heavy atom. The predicted molar refractivity (Wildman–Crippen MR) is 466 cm³/mol. The van der Waals surface area contributed by atoms with Crippen LogP contribution in [0.1, 0.15) is 116 Å². The number of carbonyl (C=O) groups excluding carboxylic acids is 4. The zero-order valence-electron chi connectivity index (χ0n) is 63.2. The van der Waals surface area contributed by atoms with Gasteiger partial charge in [0.2, 0.25) is 0 Å². The molecule has 0 saturated carbocycles. The molecule has 0 spiro atoms. The summed E-state index contributed by atoms with van der Waals surface area (Å²) in [6, 6.07) is 90.7. The molecule has 0 unspecified atom stereocenters. The van der Waals surface area contributed by atoms with E-state index < -0.39 is 0 Å². The number of benzene rings is 13. The van der Waals surface area contributed by atoms with Gasteiger partial charge in [0.05, 0.1) is 5.57 Å². The van der Waals surface area contributed by atoms with E-state index in [4.69, 9.17) is 18.9 Å². The fourth-order valence-electron chi connectivity index (χ4n) is 17.2. The van der Waals surface area contributed by atoms with Gasteiger partial charge in [-0.05, 0) is 206 Å². The van der Waals surface area contributed by atoms with Crippen LogP contribution in [-0.2, 0) is 69.2 Å². The maximum Gasteiger partial charge on any atom is 0.343 e. The first-order chi connectivity index (χ1) is 55.1. The molecule has 3 aliphatic carbocycles. The van der Waals surface area contributed by atoms with Crippen LogP contribution in [0.4, 0.5) is 0 Å². The summed E-state index contributed by atoms with van der Waals surface area (Å²) in [5.74, 6) is 11.0. The van der Waals surface area contributed by atoms with Crippen LogP contribution in [0.2, 0.25) is 0 Å². The lowest BCUT2D eigenvalue weighted by Crippen LogP contribution is -2.19. The van der Waals surface area contributed by atoms with Crippen molar-refractivity contribution in [3.8, 4) is 45.3 Å². The second-order valence-corrected chi connectivity index (χ2v) is 38.6. The van der Waals surface area contributed by atoms with Crippen molar-refractivity contribution < 1.29 is 38.1 Å². The van der Waals surface area contributed by atoms with Crippen molar-refractivity contribution in [2.24, 2.45) is 0 Å². The van der Waals surface area contributed by atoms with E-state index in [0.29, 0.717) is 77.7 Å². The molecule has 0 N–H and O–H groups in total. The van der Waals surface area contributed by atoms with E-state index in [-0.39, 0.29) is 35.7 Å². The van der Waals surface area contributed by atoms with Crippen molar-refractivity contribution in [2.75, 3.05) is 46.0 Å². The summed E-state index contributed by atoms with van der Waals surface area (Å²) in [5.41, 5.74) is 11.9. The summed E-state index contributed by atoms with van der Waals surface area (Å²) < 4.78 is 23.6. The van der Waals surface area contributed by atoms with Gasteiger partial charge < -0.3 is 18.9 Å². The Bertz CT molecular complexity index is 5710. The van der Waals surface area contributed by atoms with Crippen LogP contribution in [-0.4, -0.2) is 69.9 Å². The van der Waals surface area contributed by atoms with Gasteiger partial charge in [0, 0.05) is 92.2 Å². The lowest BCUT2D eigenvalue weighted by Gasteiger charge is -2.17. The lowest BCUT2D eigenvalue weighted by molar-refractivity contribution is -0.135. The van der Waals surface area contributed by atoms with Crippen molar-refractivity contribution in [2.45, 2.75) is 109 Å². The monoisotopic (exact) mass is 1550 g/mol. The molecular formula is C100H90O8S4+4. The van der Waals surface area contributed by atoms with Crippen LogP contribution in [0, 0.1) is 0 Å². The number of hydrogen-bond donors (Lipinski definition) is 0. The van der Waals surface area contributed by atoms with Crippen LogP contribution < -0.4 is 18.9 Å². The molecule has 0 atom stereocenters. The maximum absolute atomic E-state index is 13.5. The number of allylic oxidation sites excluding steroid dienone is 1. The summed E-state index contributed by atoms with van der Waals surface area (Å²) in [4.78, 5) is 57.4. The van der Waals surface area contributed by atoms with Crippen molar-refractivity contribution in [1.82, 2.24) is 0 Å². The molecule has 0 aromatic heterocycles. The number of carbonyl (C=O) groups is 4. The van der Waals surface area contributed by atoms with E-state index in [1.165, 1.54) is 157 Å². The number of rotatable bonds is 12. The zero-order chi connectivity index (χ0) is 76.0. The molecule has 4 fully saturated rings. The smallest absolute Gasteiger partial charge is 0.343 e. The Kier molecular flexibility index (Phi) is 22.5. The van der Waals surface area contributed by atoms with Gasteiger partial charge in [-0.2, -0.15) is 0 Å². The first kappa shape index (κ1) is 74.4. The SMILES string of the molecule is C=C(C)C(=O)Oc1ccc([S+]2CCCCC2)c2ccccc12.O=C(Oc1ccc([S+]2CCCC2)c2ccccc12)C1=CCc2ccccc21.O=C(Oc1ccc([S+]2CCCC2)c2ccccc12)C1c2ccccc2-c2ccccc21.O=C(Oc1ccc([S+]2CCCCC2)c2ccccc12)C1c2ccccc2-c2ccccc21. The summed E-state index contributed by atoms with van der Waals surface area (Å²) >= 11 is 0. The van der Waals surface area contributed by atoms with Crippen molar-refractivity contribution >= 4 is 116 Å². The van der Waals surface area contributed by atoms with Crippen LogP contribution in [0.3, 0.4) is 0 Å². The Hall–Kier alpha value is -10.3. The highest BCUT2D eigenvalue weighted by atomic mass is 32.2. The average molecular weight is 1550 g/mol. The maximum atomic E-state index is 13.5. The van der Waals surface area contributed by atoms with E-state index in [1.807, 2.05) is 152 Å². The third-order valence-corrected chi connectivity index (χ3v) is 32.8. The molecule has 112 heavy (non-hydrogen) atoms. The predicted octanol–water partition coefficient (Wildman–Crippen LogP) is 22.7. The largest absolute Gasteiger partial charge is 0.425 e. The molecule has 4 aliphatic heterocycles. The molecule has 13 aromatic rings. The number of esters is 4. The molecule has 0 bridgehead atoms. The van der Waals surface area contributed by atoms with Crippen molar-refractivity contribution in [1.29, 1.82) is 0 Å². The number of fused-ring (bicyclic) bond motifs is 11. The Balaban J connectivity index is 0.000000109. The average Bonchev–Trinajstić information content (AvgIpc) is 1.62. The van der Waals surface area contributed by atoms with Gasteiger partial charge in [-0.25, -0.2) is 9.59 Å². The normalized spacial score (nSPS) is 16.0. The molecule has 558 valence electrons. The molecule has 8 nitrogen and oxygen atoms in total. The van der Waals surface area contributed by atoms with Crippen molar-refractivity contribution in [3.63, 3.8) is 0 Å². The minimum absolute atomic E-state index is 0.208. The number of hydrogen-bond acceptors (Lipinski definition) is 8. The van der Waals surface area contributed by atoms with E-state index in [9.17, 15) is 19.2 Å². The quantitative estimate of drug-likeness (QED) is 0.0516. The van der Waals surface area contributed by atoms with Crippen molar-refractivity contribution in [3.05, 3.63) is 319 Å². The van der Waals surface area contributed by atoms with Gasteiger partial charge in [0.1, 0.15) is 80.9 Å². The third kappa shape index (κ3) is 15.3. The molecule has 20 rings (SSSR count). The van der Waals surface area contributed by atoms with Gasteiger partial charge in [-0.1, -0.05) is 207 Å². The minimum atomic E-state index is -0.388. The summed E-state index contributed by atoms with van der Waals surface area (Å²) in [6.45, 7) is 5.32. The lowest BCUT2D eigenvalue weighted by atomic mass is 9.97. The standard InChI is InChI=1S/C29H25O2S.C28H23O2S.C24H21O2S.C19H21O2S/c30-29(28-24-14-6-2-10-20(24)21-11-3-7-15-25(21)28)31-26-16-17-27(32-18-8-1-9-19-32)23-13-5-4-12-22(23)26;29-28(27-23-13-5-1-9-19(23)20-10-2-6-14-24(20)27)30-25-15-16-26(31-17-7-8-18-31)22-12-4-3-11-21(22)25;25-24(21-12-11-17-7-1-2-8-18(17)21)26-22-13-14-23(27-15-5-6-16-27)20-10-4-3-9-19(20)22;1-14(2)19(20)21-17-10-11-18(22-12-6-3-7-13-22)16-9-5-4-8-15(16)17/h2-7,10-17,28H,1,8-9,18-19H2;1-6,9-16,27H,7-8,17-18H2;1-4,7-10,12-14H,5-6,11,15-16H2;4-5,8-11H,1,3,6-7,12-13H2,2H3/q4*+1. The van der Waals surface area contributed by atoms with Crippen LogP contribution >= 0.6 is 0 Å². The summed E-state index contributed by atoms with van der Waals surface area (Å²) in [7, 11) is 1.27. The van der Waals surface area contributed by atoms with Gasteiger partial charge >= 0.3 is 23.9 Å². The Labute approximate surface area is 668 Å². The molecule has 13 aromatic carbocycles. The highest BCUT2D eigenvalue weighted by molar-refractivity contribution is 7.98. The van der Waals surface area contributed by atoms with E-state index in [0.717, 1.165) is 78.0 Å². The Morgan fingerprint density at radius 3 is 0.893 bits per heavy atom. The van der Waals surface area contributed by atoms with Crippen LogP contribution in [0.15, 0.2) is 305 Å². The van der Waals surface area contributed by atoms with Gasteiger partial charge in [-0.15, -0.1) is 0 Å². The summed E-state index contributed by atoms with van der Waals surface area (Å²) in [6.07, 6.45) is 16.0. The highest BCUT2D eigenvalue weighted by Gasteiger charge is 2.39. The molecule has 7 aliphatic rings. The molecule has 12 heteroatoms. The van der Waals surface area contributed by atoms with E-state index in [2.05, 4.69) is 128 Å². The second kappa shape index (κ2) is 33.9. The van der Waals surface area contributed by atoms with Gasteiger partial charge in [-0.3, -0.25) is 9.59 Å². The van der Waals surface area contributed by atoms with E-state index >= 15 is 0 Å². The summed E-state index contributed by atoms with van der Waals surface area (Å²) in [5, 5.41) is 9.04. The molecule has 0 radical (unpaired) electrons. The molecule has 0 amide bonds. The third-order valence-electron chi connectivity index (χ3n) is 22.6. The second-order valence-electron chi connectivity index (χ2n) is 29.7. The fourth-order valence-corrected chi connectivity index (χ4v) is 27.2. The fraction of sp³-hybridized carbons (Fsp3) is 0.220. The Morgan fingerprint density at radius 2 is 0.562 bits per heavy atom. The first-order valence-electron chi connectivity index (χ1n) is 39.6. The van der Waals surface area contributed by atoms with Gasteiger partial charge in [0.25, 0.3) is 0 Å². The number of ether oxygens (including phenoxy) is 4.